The number of halogens is 2. The number of rotatable bonds is 4. The van der Waals surface area contributed by atoms with Crippen molar-refractivity contribution in [2.75, 3.05) is 18.1 Å². The molecule has 2 rings (SSSR count). The van der Waals surface area contributed by atoms with Gasteiger partial charge in [-0.3, -0.25) is 4.79 Å². The Labute approximate surface area is 153 Å². The Morgan fingerprint density at radius 1 is 1.24 bits per heavy atom. The number of imide groups is 2. The molecule has 1 N–H and O–H groups in total. The minimum absolute atomic E-state index is 0.154. The Morgan fingerprint density at radius 2 is 1.84 bits per heavy atom. The van der Waals surface area contributed by atoms with Crippen LogP contribution >= 0.6 is 23.2 Å². The third-order valence-corrected chi connectivity index (χ3v) is 3.73. The number of amides is 5. The fraction of sp³-hybridized carbons (Fsp3) is 0.333. The Balaban J connectivity index is 2.15. The largest absolute Gasteiger partial charge is 0.464 e. The van der Waals surface area contributed by atoms with E-state index in [2.05, 4.69) is 5.32 Å². The molecule has 1 saturated heterocycles. The van der Waals surface area contributed by atoms with Gasteiger partial charge < -0.3 is 10.1 Å². The van der Waals surface area contributed by atoms with Crippen LogP contribution in [0.5, 0.6) is 0 Å². The molecule has 1 aliphatic heterocycles. The number of hydrogen-bond donors (Lipinski definition) is 1. The summed E-state index contributed by atoms with van der Waals surface area (Å²) in [5.41, 5.74) is 0.154. The molecule has 1 aromatic rings. The van der Waals surface area contributed by atoms with E-state index in [4.69, 9.17) is 27.9 Å². The van der Waals surface area contributed by atoms with Crippen LogP contribution in [0.2, 0.25) is 10.0 Å². The van der Waals surface area contributed by atoms with Crippen LogP contribution in [0.3, 0.4) is 0 Å². The highest BCUT2D eigenvalue weighted by Crippen LogP contribution is 2.28. The highest BCUT2D eigenvalue weighted by atomic mass is 35.5. The number of carbonyl (C=O) groups excluding carboxylic acids is 4. The SMILES string of the molecule is CCOC(=O)[C@H](C)NC(=O)N1CC(=O)N(c2cc(Cl)cc(Cl)c2)C1=O. The fourth-order valence-corrected chi connectivity index (χ4v) is 2.69. The van der Waals surface area contributed by atoms with E-state index in [0.717, 1.165) is 4.90 Å². The predicted octanol–water partition coefficient (Wildman–Crippen LogP) is 2.42. The first-order chi connectivity index (χ1) is 11.7. The van der Waals surface area contributed by atoms with E-state index in [1.807, 2.05) is 0 Å². The quantitative estimate of drug-likeness (QED) is 0.631. The summed E-state index contributed by atoms with van der Waals surface area (Å²) < 4.78 is 4.77. The second-order valence-electron chi connectivity index (χ2n) is 5.15. The topological polar surface area (TPSA) is 96.0 Å². The van der Waals surface area contributed by atoms with Gasteiger partial charge in [-0.2, -0.15) is 0 Å². The second kappa shape index (κ2) is 7.71. The van der Waals surface area contributed by atoms with Gasteiger partial charge in [-0.05, 0) is 32.0 Å². The Morgan fingerprint density at radius 3 is 2.40 bits per heavy atom. The van der Waals surface area contributed by atoms with Gasteiger partial charge in [0.25, 0.3) is 5.91 Å². The molecule has 134 valence electrons. The summed E-state index contributed by atoms with van der Waals surface area (Å²) in [6.07, 6.45) is 0. The number of hydrogen-bond acceptors (Lipinski definition) is 5. The lowest BCUT2D eigenvalue weighted by Crippen LogP contribution is -2.48. The van der Waals surface area contributed by atoms with Crippen LogP contribution in [0.25, 0.3) is 0 Å². The van der Waals surface area contributed by atoms with Crippen LogP contribution in [-0.4, -0.2) is 48.0 Å². The first-order valence-electron chi connectivity index (χ1n) is 7.32. The van der Waals surface area contributed by atoms with Gasteiger partial charge in [-0.25, -0.2) is 24.2 Å². The molecule has 1 aliphatic rings. The Hall–Kier alpha value is -2.32. The summed E-state index contributed by atoms with van der Waals surface area (Å²) in [5.74, 6) is -1.27. The molecule has 1 fully saturated rings. The van der Waals surface area contributed by atoms with Crippen molar-refractivity contribution in [3.05, 3.63) is 28.2 Å². The lowest BCUT2D eigenvalue weighted by molar-refractivity contribution is -0.144. The van der Waals surface area contributed by atoms with E-state index in [9.17, 15) is 19.2 Å². The monoisotopic (exact) mass is 387 g/mol. The molecule has 0 bridgehead atoms. The highest BCUT2D eigenvalue weighted by molar-refractivity contribution is 6.35. The Kier molecular flexibility index (Phi) is 5.86. The summed E-state index contributed by atoms with van der Waals surface area (Å²) in [4.78, 5) is 49.8. The van der Waals surface area contributed by atoms with E-state index in [-0.39, 0.29) is 22.3 Å². The van der Waals surface area contributed by atoms with E-state index in [1.54, 1.807) is 6.92 Å². The van der Waals surface area contributed by atoms with Crippen LogP contribution < -0.4 is 10.2 Å². The number of benzene rings is 1. The van der Waals surface area contributed by atoms with Crippen molar-refractivity contribution < 1.29 is 23.9 Å². The third kappa shape index (κ3) is 4.21. The number of nitrogens with one attached hydrogen (secondary N) is 1. The van der Waals surface area contributed by atoms with Gasteiger partial charge in [-0.15, -0.1) is 0 Å². The van der Waals surface area contributed by atoms with Crippen LogP contribution in [0.15, 0.2) is 18.2 Å². The second-order valence-corrected chi connectivity index (χ2v) is 6.02. The molecule has 0 radical (unpaired) electrons. The van der Waals surface area contributed by atoms with E-state index in [1.165, 1.54) is 25.1 Å². The van der Waals surface area contributed by atoms with Crippen LogP contribution in [-0.2, 0) is 14.3 Å². The van der Waals surface area contributed by atoms with Crippen molar-refractivity contribution >= 4 is 52.8 Å². The maximum absolute atomic E-state index is 12.4. The molecule has 10 heteroatoms. The van der Waals surface area contributed by atoms with Gasteiger partial charge in [0.2, 0.25) is 0 Å². The van der Waals surface area contributed by atoms with Gasteiger partial charge in [0.15, 0.2) is 0 Å². The van der Waals surface area contributed by atoms with Gasteiger partial charge in [0, 0.05) is 10.0 Å². The molecule has 0 aliphatic carbocycles. The van der Waals surface area contributed by atoms with Crippen molar-refractivity contribution in [2.45, 2.75) is 19.9 Å². The summed E-state index contributed by atoms with van der Waals surface area (Å²) in [5, 5.41) is 2.79. The number of esters is 1. The Bertz CT molecular complexity index is 720. The third-order valence-electron chi connectivity index (χ3n) is 3.30. The number of ether oxygens (including phenoxy) is 1. The molecule has 1 atom stereocenters. The standard InChI is InChI=1S/C15H15Cl2N3O5/c1-3-25-13(22)8(2)18-14(23)19-7-12(21)20(15(19)24)11-5-9(16)4-10(17)6-11/h4-6,8H,3,7H2,1-2H3,(H,18,23)/t8-/m0/s1. The number of urea groups is 2. The molecule has 5 amide bonds. The van der Waals surface area contributed by atoms with Crippen molar-refractivity contribution in [3.63, 3.8) is 0 Å². The molecule has 0 unspecified atom stereocenters. The summed E-state index contributed by atoms with van der Waals surface area (Å²) in [6.45, 7) is 2.73. The average molecular weight is 388 g/mol. The van der Waals surface area contributed by atoms with Crippen molar-refractivity contribution in [3.8, 4) is 0 Å². The lowest BCUT2D eigenvalue weighted by Gasteiger charge is -2.19. The summed E-state index contributed by atoms with van der Waals surface area (Å²) in [6, 6.07) is 1.50. The number of carbonyl (C=O) groups is 4. The van der Waals surface area contributed by atoms with Crippen LogP contribution in [0, 0.1) is 0 Å². The van der Waals surface area contributed by atoms with Gasteiger partial charge in [0.1, 0.15) is 12.6 Å². The zero-order valence-electron chi connectivity index (χ0n) is 13.4. The molecule has 25 heavy (non-hydrogen) atoms. The summed E-state index contributed by atoms with van der Waals surface area (Å²) in [7, 11) is 0. The zero-order chi connectivity index (χ0) is 18.7. The first kappa shape index (κ1) is 19.0. The predicted molar refractivity (Wildman–Crippen MR) is 90.7 cm³/mol. The highest BCUT2D eigenvalue weighted by Gasteiger charge is 2.41. The minimum atomic E-state index is -0.968. The van der Waals surface area contributed by atoms with Gasteiger partial charge in [0.05, 0.1) is 12.3 Å². The smallest absolute Gasteiger partial charge is 0.340 e. The first-order valence-corrected chi connectivity index (χ1v) is 8.07. The van der Waals surface area contributed by atoms with Crippen molar-refractivity contribution in [2.24, 2.45) is 0 Å². The molecular formula is C15H15Cl2N3O5. The van der Waals surface area contributed by atoms with Crippen molar-refractivity contribution in [1.29, 1.82) is 0 Å². The summed E-state index contributed by atoms with van der Waals surface area (Å²) >= 11 is 11.8. The van der Waals surface area contributed by atoms with Gasteiger partial charge >= 0.3 is 18.0 Å². The van der Waals surface area contributed by atoms with E-state index >= 15 is 0 Å². The number of nitrogens with zero attached hydrogens (tertiary/aromatic N) is 2. The molecule has 1 heterocycles. The minimum Gasteiger partial charge on any atom is -0.464 e. The molecule has 0 saturated carbocycles. The number of anilines is 1. The van der Waals surface area contributed by atoms with E-state index in [0.29, 0.717) is 4.90 Å². The normalized spacial score (nSPS) is 15.4. The van der Waals surface area contributed by atoms with Gasteiger partial charge in [-0.1, -0.05) is 23.2 Å². The molecule has 8 nitrogen and oxygen atoms in total. The van der Waals surface area contributed by atoms with E-state index < -0.39 is 36.5 Å². The molecule has 0 aromatic heterocycles. The fourth-order valence-electron chi connectivity index (χ4n) is 2.17. The van der Waals surface area contributed by atoms with Crippen molar-refractivity contribution in [1.82, 2.24) is 10.2 Å². The molecule has 1 aromatic carbocycles. The maximum Gasteiger partial charge on any atom is 0.340 e. The average Bonchev–Trinajstić information content (AvgIpc) is 2.81. The molecule has 0 spiro atoms. The van der Waals surface area contributed by atoms with Crippen LogP contribution in [0.4, 0.5) is 15.3 Å². The lowest BCUT2D eigenvalue weighted by atomic mass is 10.3. The zero-order valence-corrected chi connectivity index (χ0v) is 14.9. The van der Waals surface area contributed by atoms with Crippen LogP contribution in [0.1, 0.15) is 13.8 Å². The maximum atomic E-state index is 12.4. The molecular weight excluding hydrogens is 373 g/mol.